The van der Waals surface area contributed by atoms with Crippen molar-refractivity contribution in [3.05, 3.63) is 119 Å². The zero-order chi connectivity index (χ0) is 32.2. The van der Waals surface area contributed by atoms with Crippen molar-refractivity contribution in [3.63, 3.8) is 0 Å². The molecule has 12 heteroatoms. The molecule has 0 aliphatic carbocycles. The predicted octanol–water partition coefficient (Wildman–Crippen LogP) is 2.43. The standard InChI is InChI=1S/C32H24N6O6/c33-17-21(29(35)41)15-25(27(39)19-7-3-1-4-8-19)31(43)37-23-11-13-24(14-12-23)38-32(44)26(16-22(18-34)30(36)42)28(40)20-9-5-2-6-10-20/h1-16,21-22H,(H2,35,41)(H2,36,42)(H,37,43)(H,38,44)/b25-15+,26-16+. The van der Waals surface area contributed by atoms with Crippen molar-refractivity contribution in [2.24, 2.45) is 23.3 Å². The largest absolute Gasteiger partial charge is 0.368 e. The number of carbonyl (C=O) groups excluding carboxylic acids is 6. The van der Waals surface area contributed by atoms with Crippen LogP contribution in [0.25, 0.3) is 0 Å². The van der Waals surface area contributed by atoms with Crippen LogP contribution in [0.5, 0.6) is 0 Å². The van der Waals surface area contributed by atoms with Crippen molar-refractivity contribution >= 4 is 46.6 Å². The van der Waals surface area contributed by atoms with E-state index in [0.717, 1.165) is 12.2 Å². The molecule has 6 N–H and O–H groups in total. The Labute approximate surface area is 251 Å². The highest BCUT2D eigenvalue weighted by Gasteiger charge is 2.25. The first-order valence-corrected chi connectivity index (χ1v) is 12.8. The monoisotopic (exact) mass is 588 g/mol. The highest BCUT2D eigenvalue weighted by Crippen LogP contribution is 2.19. The van der Waals surface area contributed by atoms with E-state index in [1.54, 1.807) is 48.5 Å². The second kappa shape index (κ2) is 14.8. The predicted molar refractivity (Wildman–Crippen MR) is 158 cm³/mol. The number of primary amides is 2. The number of benzene rings is 3. The summed E-state index contributed by atoms with van der Waals surface area (Å²) in [5.74, 6) is -8.53. The van der Waals surface area contributed by atoms with Gasteiger partial charge in [-0.25, -0.2) is 0 Å². The van der Waals surface area contributed by atoms with Gasteiger partial charge in [-0.15, -0.1) is 0 Å². The summed E-state index contributed by atoms with van der Waals surface area (Å²) in [7, 11) is 0. The van der Waals surface area contributed by atoms with E-state index in [1.807, 2.05) is 0 Å². The number of amides is 4. The summed E-state index contributed by atoms with van der Waals surface area (Å²) in [6.45, 7) is 0. The molecule has 12 nitrogen and oxygen atoms in total. The van der Waals surface area contributed by atoms with Gasteiger partial charge in [-0.1, -0.05) is 60.7 Å². The van der Waals surface area contributed by atoms with Gasteiger partial charge in [-0.2, -0.15) is 10.5 Å². The van der Waals surface area contributed by atoms with Crippen molar-refractivity contribution in [1.29, 1.82) is 10.5 Å². The van der Waals surface area contributed by atoms with Crippen LogP contribution < -0.4 is 22.1 Å². The fraction of sp³-hybridized carbons (Fsp3) is 0.0625. The summed E-state index contributed by atoms with van der Waals surface area (Å²) >= 11 is 0. The first kappa shape index (κ1) is 31.9. The number of nitrogens with one attached hydrogen (secondary N) is 2. The minimum Gasteiger partial charge on any atom is -0.368 e. The van der Waals surface area contributed by atoms with E-state index in [1.165, 1.54) is 48.5 Å². The molecule has 0 fully saturated rings. The van der Waals surface area contributed by atoms with Gasteiger partial charge in [-0.05, 0) is 36.4 Å². The molecule has 3 rings (SSSR count). The first-order valence-electron chi connectivity index (χ1n) is 12.8. The number of rotatable bonds is 12. The maximum Gasteiger partial charge on any atom is 0.259 e. The number of hydrogen-bond donors (Lipinski definition) is 4. The van der Waals surface area contributed by atoms with Crippen LogP contribution in [-0.2, 0) is 19.2 Å². The Bertz CT molecular complexity index is 1620. The molecular weight excluding hydrogens is 564 g/mol. The van der Waals surface area contributed by atoms with Crippen LogP contribution in [0.1, 0.15) is 20.7 Å². The van der Waals surface area contributed by atoms with Gasteiger partial charge < -0.3 is 22.1 Å². The molecule has 0 aliphatic heterocycles. The molecule has 0 bridgehead atoms. The maximum absolute atomic E-state index is 13.1. The third-order valence-electron chi connectivity index (χ3n) is 6.01. The molecule has 3 aromatic carbocycles. The average molecular weight is 589 g/mol. The van der Waals surface area contributed by atoms with Crippen molar-refractivity contribution < 1.29 is 28.8 Å². The van der Waals surface area contributed by atoms with Crippen LogP contribution in [0.4, 0.5) is 11.4 Å². The molecule has 0 heterocycles. The first-order chi connectivity index (χ1) is 21.0. The van der Waals surface area contributed by atoms with E-state index in [-0.39, 0.29) is 22.5 Å². The molecule has 2 atom stereocenters. The van der Waals surface area contributed by atoms with E-state index >= 15 is 0 Å². The molecule has 0 aromatic heterocycles. The Morgan fingerprint density at radius 1 is 0.568 bits per heavy atom. The second-order valence-corrected chi connectivity index (χ2v) is 9.05. The summed E-state index contributed by atoms with van der Waals surface area (Å²) in [5, 5.41) is 23.5. The third kappa shape index (κ3) is 8.19. The smallest absolute Gasteiger partial charge is 0.259 e. The molecule has 0 spiro atoms. The van der Waals surface area contributed by atoms with Crippen molar-refractivity contribution in [3.8, 4) is 12.1 Å². The minimum absolute atomic E-state index is 0.136. The van der Waals surface area contributed by atoms with Gasteiger partial charge in [0, 0.05) is 22.5 Å². The fourth-order valence-corrected chi connectivity index (χ4v) is 3.73. The lowest BCUT2D eigenvalue weighted by Crippen LogP contribution is -2.26. The van der Waals surface area contributed by atoms with Crippen LogP contribution in [0, 0.1) is 34.5 Å². The van der Waals surface area contributed by atoms with Gasteiger partial charge in [0.05, 0.1) is 23.3 Å². The van der Waals surface area contributed by atoms with Crippen molar-refractivity contribution in [1.82, 2.24) is 0 Å². The quantitative estimate of drug-likeness (QED) is 0.106. The summed E-state index contributed by atoms with van der Waals surface area (Å²) in [5.41, 5.74) is 10.1. The average Bonchev–Trinajstić information content (AvgIpc) is 3.02. The number of nitriles is 2. The Morgan fingerprint density at radius 3 is 1.16 bits per heavy atom. The summed E-state index contributed by atoms with van der Waals surface area (Å²) in [4.78, 5) is 75.6. The van der Waals surface area contributed by atoms with Gasteiger partial charge in [0.1, 0.15) is 11.8 Å². The number of anilines is 2. The molecule has 0 aliphatic rings. The Morgan fingerprint density at radius 2 is 0.886 bits per heavy atom. The summed E-state index contributed by atoms with van der Waals surface area (Å²) in [6.07, 6.45) is 1.78. The number of nitrogens with two attached hydrogens (primary N) is 2. The molecule has 3 aromatic rings. The Balaban J connectivity index is 1.85. The topological polar surface area (TPSA) is 226 Å². The van der Waals surface area contributed by atoms with E-state index in [4.69, 9.17) is 11.5 Å². The number of carbonyl (C=O) groups is 6. The van der Waals surface area contributed by atoms with Gasteiger partial charge in [0.25, 0.3) is 11.8 Å². The minimum atomic E-state index is -1.54. The van der Waals surface area contributed by atoms with Crippen LogP contribution in [0.2, 0.25) is 0 Å². The fourth-order valence-electron chi connectivity index (χ4n) is 3.73. The zero-order valence-electron chi connectivity index (χ0n) is 22.9. The van der Waals surface area contributed by atoms with Crippen LogP contribution in [-0.4, -0.2) is 35.2 Å². The molecule has 4 amide bonds. The summed E-state index contributed by atoms with van der Waals surface area (Å²) < 4.78 is 0. The Kier molecular flexibility index (Phi) is 10.7. The van der Waals surface area contributed by atoms with Gasteiger partial charge in [0.15, 0.2) is 11.6 Å². The van der Waals surface area contributed by atoms with E-state index in [2.05, 4.69) is 10.6 Å². The van der Waals surface area contributed by atoms with Gasteiger partial charge >= 0.3 is 0 Å². The Hall–Kier alpha value is -6.66. The van der Waals surface area contributed by atoms with E-state index in [0.29, 0.717) is 0 Å². The highest BCUT2D eigenvalue weighted by molar-refractivity contribution is 6.30. The molecule has 2 unspecified atom stereocenters. The normalized spacial score (nSPS) is 12.4. The lowest BCUT2D eigenvalue weighted by Gasteiger charge is -2.12. The van der Waals surface area contributed by atoms with Crippen LogP contribution in [0.3, 0.4) is 0 Å². The lowest BCUT2D eigenvalue weighted by atomic mass is 9.98. The molecular formula is C32H24N6O6. The molecule has 0 saturated heterocycles. The second-order valence-electron chi connectivity index (χ2n) is 9.05. The van der Waals surface area contributed by atoms with Gasteiger partial charge in [0.2, 0.25) is 11.8 Å². The molecule has 0 saturated carbocycles. The number of nitrogens with zero attached hydrogens (tertiary/aromatic N) is 2. The zero-order valence-corrected chi connectivity index (χ0v) is 22.9. The molecule has 44 heavy (non-hydrogen) atoms. The number of ketones is 2. The molecule has 0 radical (unpaired) electrons. The van der Waals surface area contributed by atoms with E-state index in [9.17, 15) is 39.3 Å². The maximum atomic E-state index is 13.1. The van der Waals surface area contributed by atoms with Crippen LogP contribution >= 0.6 is 0 Å². The van der Waals surface area contributed by atoms with E-state index < -0.39 is 58.2 Å². The number of Topliss-reactive ketones (excluding diaryl/α,β-unsaturated/α-hetero) is 2. The highest BCUT2D eigenvalue weighted by atomic mass is 16.2. The number of hydrogen-bond acceptors (Lipinski definition) is 8. The summed E-state index contributed by atoms with van der Waals surface area (Å²) in [6, 6.07) is 24.2. The SMILES string of the molecule is N#CC(/C=C(/C(=O)Nc1ccc(NC(=O)/C(=C/C(C#N)C(N)=O)C(=O)c2ccccc2)cc1)C(=O)c1ccccc1)C(N)=O. The third-order valence-corrected chi connectivity index (χ3v) is 6.01. The van der Waals surface area contributed by atoms with Crippen molar-refractivity contribution in [2.45, 2.75) is 0 Å². The van der Waals surface area contributed by atoms with Crippen molar-refractivity contribution in [2.75, 3.05) is 10.6 Å². The van der Waals surface area contributed by atoms with Gasteiger partial charge in [-0.3, -0.25) is 28.8 Å². The molecule has 218 valence electrons. The lowest BCUT2D eigenvalue weighted by molar-refractivity contribution is -0.120. The van der Waals surface area contributed by atoms with Crippen LogP contribution in [0.15, 0.2) is 108 Å².